The molecular formula is C28H28N2O4S. The highest BCUT2D eigenvalue weighted by molar-refractivity contribution is 7.89. The number of hydrogen-bond donors (Lipinski definition) is 1. The second kappa shape index (κ2) is 9.40. The molecule has 1 amide bonds. The summed E-state index contributed by atoms with van der Waals surface area (Å²) in [6, 6.07) is 19.1. The standard InChI is InChI=1S/C28H28N2O4S/c1-19-10-12-20(13-11-19)27(31)24-8-4-5-9-25(24)28(32)30-17-16-21-18-23(14-15-26(21)30)35(33,34)29-22-6-2-3-7-22/h4-5,8-15,18,22,29H,2-3,6-7,16-17H2,1H3. The Bertz CT molecular complexity index is 1390. The van der Waals surface area contributed by atoms with E-state index in [-0.39, 0.29) is 22.6 Å². The van der Waals surface area contributed by atoms with Gasteiger partial charge in [-0.05, 0) is 56.0 Å². The average molecular weight is 489 g/mol. The molecule has 1 heterocycles. The number of hydrogen-bond acceptors (Lipinski definition) is 4. The predicted octanol–water partition coefficient (Wildman–Crippen LogP) is 4.65. The molecule has 6 nitrogen and oxygen atoms in total. The van der Waals surface area contributed by atoms with Crippen molar-refractivity contribution in [3.05, 3.63) is 94.5 Å². The summed E-state index contributed by atoms with van der Waals surface area (Å²) >= 11 is 0. The van der Waals surface area contributed by atoms with Crippen molar-refractivity contribution in [2.45, 2.75) is 50.0 Å². The molecule has 180 valence electrons. The van der Waals surface area contributed by atoms with Crippen LogP contribution >= 0.6 is 0 Å². The zero-order valence-corrected chi connectivity index (χ0v) is 20.5. The Kier molecular flexibility index (Phi) is 6.30. The molecule has 35 heavy (non-hydrogen) atoms. The van der Waals surface area contributed by atoms with Gasteiger partial charge in [0.05, 0.1) is 10.5 Å². The van der Waals surface area contributed by atoms with Crippen molar-refractivity contribution in [3.63, 3.8) is 0 Å². The molecule has 3 aromatic rings. The first-order valence-electron chi connectivity index (χ1n) is 12.0. The largest absolute Gasteiger partial charge is 0.308 e. The number of fused-ring (bicyclic) bond motifs is 1. The van der Waals surface area contributed by atoms with Crippen LogP contribution in [0.1, 0.15) is 63.1 Å². The normalized spacial score (nSPS) is 15.9. The average Bonchev–Trinajstić information content (AvgIpc) is 3.53. The molecule has 0 bridgehead atoms. The molecule has 0 spiro atoms. The number of rotatable bonds is 6. The van der Waals surface area contributed by atoms with Crippen LogP contribution in [0.4, 0.5) is 5.69 Å². The van der Waals surface area contributed by atoms with Gasteiger partial charge < -0.3 is 4.90 Å². The minimum atomic E-state index is -3.60. The van der Waals surface area contributed by atoms with E-state index in [0.29, 0.717) is 35.3 Å². The first-order chi connectivity index (χ1) is 16.8. The van der Waals surface area contributed by atoms with E-state index in [9.17, 15) is 18.0 Å². The summed E-state index contributed by atoms with van der Waals surface area (Å²) in [6.45, 7) is 2.39. The smallest absolute Gasteiger partial charge is 0.259 e. The molecule has 0 saturated heterocycles. The van der Waals surface area contributed by atoms with Gasteiger partial charge in [-0.2, -0.15) is 0 Å². The molecule has 3 aromatic carbocycles. The molecule has 1 aliphatic carbocycles. The minimum absolute atomic E-state index is 0.00565. The van der Waals surface area contributed by atoms with Crippen LogP contribution in [0.2, 0.25) is 0 Å². The second-order valence-electron chi connectivity index (χ2n) is 9.34. The molecule has 2 aliphatic rings. The van der Waals surface area contributed by atoms with E-state index in [0.717, 1.165) is 36.8 Å². The van der Waals surface area contributed by atoms with Crippen LogP contribution < -0.4 is 9.62 Å². The van der Waals surface area contributed by atoms with Crippen LogP contribution in [0.3, 0.4) is 0 Å². The van der Waals surface area contributed by atoms with E-state index in [2.05, 4.69) is 4.72 Å². The molecule has 0 radical (unpaired) electrons. The van der Waals surface area contributed by atoms with Crippen molar-refractivity contribution < 1.29 is 18.0 Å². The molecule has 0 atom stereocenters. The molecule has 0 unspecified atom stereocenters. The van der Waals surface area contributed by atoms with Crippen LogP contribution in [0.15, 0.2) is 71.6 Å². The number of carbonyl (C=O) groups is 2. The lowest BCUT2D eigenvalue weighted by atomic mass is 9.97. The van der Waals surface area contributed by atoms with Crippen molar-refractivity contribution in [2.75, 3.05) is 11.4 Å². The van der Waals surface area contributed by atoms with Gasteiger partial charge in [-0.25, -0.2) is 13.1 Å². The number of amides is 1. The van der Waals surface area contributed by atoms with Crippen LogP contribution in [0.25, 0.3) is 0 Å². The number of nitrogens with one attached hydrogen (secondary N) is 1. The second-order valence-corrected chi connectivity index (χ2v) is 11.1. The summed E-state index contributed by atoms with van der Waals surface area (Å²) in [5.74, 6) is -0.465. The zero-order chi connectivity index (χ0) is 24.6. The van der Waals surface area contributed by atoms with Crippen LogP contribution in [-0.4, -0.2) is 32.7 Å². The van der Waals surface area contributed by atoms with Crippen LogP contribution in [-0.2, 0) is 16.4 Å². The molecular weight excluding hydrogens is 460 g/mol. The molecule has 1 aliphatic heterocycles. The van der Waals surface area contributed by atoms with Gasteiger partial charge in [-0.15, -0.1) is 0 Å². The van der Waals surface area contributed by atoms with Crippen LogP contribution in [0.5, 0.6) is 0 Å². The molecule has 7 heteroatoms. The summed E-state index contributed by atoms with van der Waals surface area (Å²) in [6.07, 6.45) is 4.38. The Labute approximate surface area is 206 Å². The summed E-state index contributed by atoms with van der Waals surface area (Å²) < 4.78 is 28.6. The van der Waals surface area contributed by atoms with Gasteiger partial charge in [-0.1, -0.05) is 60.9 Å². The lowest BCUT2D eigenvalue weighted by Gasteiger charge is -2.19. The summed E-state index contributed by atoms with van der Waals surface area (Å²) in [7, 11) is -3.60. The minimum Gasteiger partial charge on any atom is -0.308 e. The van der Waals surface area contributed by atoms with E-state index in [1.807, 2.05) is 19.1 Å². The SMILES string of the molecule is Cc1ccc(C(=O)c2ccccc2C(=O)N2CCc3cc(S(=O)(=O)NC4CCCC4)ccc32)cc1. The van der Waals surface area contributed by atoms with Crippen molar-refractivity contribution >= 4 is 27.4 Å². The van der Waals surface area contributed by atoms with E-state index in [1.165, 1.54) is 0 Å². The van der Waals surface area contributed by atoms with E-state index < -0.39 is 10.0 Å². The Balaban J connectivity index is 1.41. The van der Waals surface area contributed by atoms with Crippen molar-refractivity contribution in [1.82, 2.24) is 4.72 Å². The Morgan fingerprint density at radius 2 is 1.60 bits per heavy atom. The third-order valence-corrected chi connectivity index (χ3v) is 8.41. The van der Waals surface area contributed by atoms with Gasteiger partial charge in [0.25, 0.3) is 5.91 Å². The first kappa shape index (κ1) is 23.5. The Morgan fingerprint density at radius 3 is 2.31 bits per heavy atom. The molecule has 1 N–H and O–H groups in total. The third-order valence-electron chi connectivity index (χ3n) is 6.89. The Hall–Kier alpha value is -3.29. The number of anilines is 1. The monoisotopic (exact) mass is 488 g/mol. The highest BCUT2D eigenvalue weighted by atomic mass is 32.2. The third kappa shape index (κ3) is 4.66. The quantitative estimate of drug-likeness (QED) is 0.512. The van der Waals surface area contributed by atoms with Crippen molar-refractivity contribution in [2.24, 2.45) is 0 Å². The van der Waals surface area contributed by atoms with Gasteiger partial charge in [-0.3, -0.25) is 9.59 Å². The maximum atomic E-state index is 13.6. The fourth-order valence-corrected chi connectivity index (χ4v) is 6.32. The molecule has 5 rings (SSSR count). The van der Waals surface area contributed by atoms with Crippen molar-refractivity contribution in [3.8, 4) is 0 Å². The number of aryl methyl sites for hydroxylation is 1. The van der Waals surface area contributed by atoms with Crippen molar-refractivity contribution in [1.29, 1.82) is 0 Å². The number of carbonyl (C=O) groups excluding carboxylic acids is 2. The van der Waals surface area contributed by atoms with E-state index in [1.54, 1.807) is 59.5 Å². The zero-order valence-electron chi connectivity index (χ0n) is 19.7. The highest BCUT2D eigenvalue weighted by Gasteiger charge is 2.30. The predicted molar refractivity (Wildman–Crippen MR) is 135 cm³/mol. The van der Waals surface area contributed by atoms with E-state index >= 15 is 0 Å². The molecule has 0 aromatic heterocycles. The van der Waals surface area contributed by atoms with Gasteiger partial charge >= 0.3 is 0 Å². The lowest BCUT2D eigenvalue weighted by molar-refractivity contribution is 0.0973. The lowest BCUT2D eigenvalue weighted by Crippen LogP contribution is -2.32. The first-order valence-corrected chi connectivity index (χ1v) is 13.5. The van der Waals surface area contributed by atoms with E-state index in [4.69, 9.17) is 0 Å². The number of ketones is 1. The molecule has 1 saturated carbocycles. The topological polar surface area (TPSA) is 83.6 Å². The number of nitrogens with zero attached hydrogens (tertiary/aromatic N) is 1. The maximum absolute atomic E-state index is 13.6. The fourth-order valence-electron chi connectivity index (χ4n) is 4.96. The number of sulfonamides is 1. The summed E-state index contributed by atoms with van der Waals surface area (Å²) in [5.41, 5.74) is 3.78. The highest BCUT2D eigenvalue weighted by Crippen LogP contribution is 2.32. The summed E-state index contributed by atoms with van der Waals surface area (Å²) in [5, 5.41) is 0. The van der Waals surface area contributed by atoms with Gasteiger partial charge in [0.15, 0.2) is 5.78 Å². The van der Waals surface area contributed by atoms with Gasteiger partial charge in [0.2, 0.25) is 10.0 Å². The number of benzene rings is 3. The van der Waals surface area contributed by atoms with Gasteiger partial charge in [0.1, 0.15) is 0 Å². The van der Waals surface area contributed by atoms with Crippen LogP contribution in [0, 0.1) is 6.92 Å². The van der Waals surface area contributed by atoms with Gasteiger partial charge in [0, 0.05) is 29.4 Å². The molecule has 1 fully saturated rings. The summed E-state index contributed by atoms with van der Waals surface area (Å²) in [4.78, 5) is 28.6. The maximum Gasteiger partial charge on any atom is 0.259 e. The Morgan fingerprint density at radius 1 is 0.914 bits per heavy atom. The fraction of sp³-hybridized carbons (Fsp3) is 0.286.